The Morgan fingerprint density at radius 2 is 2.03 bits per heavy atom. The van der Waals surface area contributed by atoms with Crippen molar-refractivity contribution < 1.29 is 4.79 Å². The molecule has 3 atom stereocenters. The number of hydrogen-bond acceptors (Lipinski definition) is 5. The van der Waals surface area contributed by atoms with Crippen LogP contribution in [0.1, 0.15) is 24.0 Å². The molecule has 156 valence electrons. The van der Waals surface area contributed by atoms with Gasteiger partial charge in [0.15, 0.2) is 0 Å². The molecule has 0 saturated heterocycles. The highest BCUT2D eigenvalue weighted by Crippen LogP contribution is 2.54. The predicted molar refractivity (Wildman–Crippen MR) is 121 cm³/mol. The average molecular weight is 412 g/mol. The molecule has 0 spiro atoms. The Balaban J connectivity index is 1.42. The number of nitrogens with one attached hydrogen (secondary N) is 1. The Hall–Kier alpha value is -3.74. The average Bonchev–Trinajstić information content (AvgIpc) is 3.22. The van der Waals surface area contributed by atoms with Gasteiger partial charge in [-0.2, -0.15) is 5.10 Å². The molecule has 3 aromatic heterocycles. The van der Waals surface area contributed by atoms with Gasteiger partial charge in [0.25, 0.3) is 0 Å². The number of carbonyl (C=O) groups is 1. The maximum absolute atomic E-state index is 12.9. The number of anilines is 2. The fraction of sp³-hybridized carbons (Fsp3) is 0.250. The second kappa shape index (κ2) is 7.19. The van der Waals surface area contributed by atoms with Crippen LogP contribution in [0.15, 0.2) is 55.2 Å². The molecule has 4 aromatic rings. The Morgan fingerprint density at radius 1 is 1.19 bits per heavy atom. The molecule has 0 aliphatic heterocycles. The zero-order valence-electron chi connectivity index (χ0n) is 17.7. The van der Waals surface area contributed by atoms with Gasteiger partial charge in [0.2, 0.25) is 5.91 Å². The van der Waals surface area contributed by atoms with E-state index in [0.717, 1.165) is 33.0 Å². The number of benzene rings is 1. The number of nitrogens with zero attached hydrogens (tertiary/aromatic N) is 4. The molecule has 3 heterocycles. The minimum Gasteiger partial charge on any atom is -0.398 e. The SMILES string of the molecule is Cc1ccncc1-c1cc(N)c2cnc(NC(=O)[C@H]3[C@H](C)[C@@H]3c3cnn(C)c3)cc2c1. The summed E-state index contributed by atoms with van der Waals surface area (Å²) in [4.78, 5) is 21.6. The lowest BCUT2D eigenvalue weighted by Crippen LogP contribution is -2.16. The largest absolute Gasteiger partial charge is 0.398 e. The predicted octanol–water partition coefficient (Wildman–Crippen LogP) is 3.91. The van der Waals surface area contributed by atoms with Crippen LogP contribution in [0.5, 0.6) is 0 Å². The van der Waals surface area contributed by atoms with Crippen LogP contribution >= 0.6 is 0 Å². The number of hydrogen-bond donors (Lipinski definition) is 2. The van der Waals surface area contributed by atoms with E-state index < -0.39 is 0 Å². The molecule has 1 aliphatic carbocycles. The van der Waals surface area contributed by atoms with Crippen molar-refractivity contribution in [2.45, 2.75) is 19.8 Å². The van der Waals surface area contributed by atoms with Crippen LogP contribution in [0.2, 0.25) is 0 Å². The molecular formula is C24H24N6O. The number of carbonyl (C=O) groups excluding carboxylic acids is 1. The molecule has 3 N–H and O–H groups in total. The molecule has 5 rings (SSSR count). The molecule has 1 aromatic carbocycles. The fourth-order valence-corrected chi connectivity index (χ4v) is 4.47. The van der Waals surface area contributed by atoms with Gasteiger partial charge in [-0.05, 0) is 59.2 Å². The van der Waals surface area contributed by atoms with E-state index in [1.54, 1.807) is 17.1 Å². The first kappa shape index (κ1) is 19.2. The van der Waals surface area contributed by atoms with E-state index in [0.29, 0.717) is 11.5 Å². The van der Waals surface area contributed by atoms with Crippen LogP contribution < -0.4 is 11.1 Å². The standard InChI is InChI=1S/C24H24N6O/c1-13-4-5-26-10-18(13)15-6-16-8-21(27-11-19(16)20(25)7-15)29-24(31)23-14(2)22(23)17-9-28-30(3)12-17/h4-12,14,22-23H,25H2,1-3H3,(H,27,29,31)/t14-,22-,23+/m1/s1. The summed E-state index contributed by atoms with van der Waals surface area (Å²) in [5.41, 5.74) is 11.2. The first-order valence-electron chi connectivity index (χ1n) is 10.3. The third-order valence-electron chi connectivity index (χ3n) is 6.26. The zero-order valence-corrected chi connectivity index (χ0v) is 17.7. The van der Waals surface area contributed by atoms with E-state index in [4.69, 9.17) is 5.73 Å². The highest BCUT2D eigenvalue weighted by atomic mass is 16.2. The van der Waals surface area contributed by atoms with E-state index in [-0.39, 0.29) is 23.7 Å². The summed E-state index contributed by atoms with van der Waals surface area (Å²) in [6, 6.07) is 7.86. The number of pyridine rings is 2. The van der Waals surface area contributed by atoms with Crippen molar-refractivity contribution in [2.75, 3.05) is 11.1 Å². The number of aromatic nitrogens is 4. The van der Waals surface area contributed by atoms with E-state index in [9.17, 15) is 4.79 Å². The number of amides is 1. The number of rotatable bonds is 4. The Morgan fingerprint density at radius 3 is 2.77 bits per heavy atom. The molecular weight excluding hydrogens is 388 g/mol. The van der Waals surface area contributed by atoms with Crippen molar-refractivity contribution in [1.82, 2.24) is 19.7 Å². The summed E-state index contributed by atoms with van der Waals surface area (Å²) in [5, 5.41) is 9.01. The first-order chi connectivity index (χ1) is 14.9. The third-order valence-corrected chi connectivity index (χ3v) is 6.26. The van der Waals surface area contributed by atoms with Crippen LogP contribution in [-0.4, -0.2) is 25.7 Å². The Labute approximate surface area is 180 Å². The molecule has 7 nitrogen and oxygen atoms in total. The molecule has 0 bridgehead atoms. The second-order valence-corrected chi connectivity index (χ2v) is 8.39. The highest BCUT2D eigenvalue weighted by Gasteiger charge is 2.52. The van der Waals surface area contributed by atoms with Gasteiger partial charge in [-0.15, -0.1) is 0 Å². The smallest absolute Gasteiger partial charge is 0.229 e. The number of aryl methyl sites for hydroxylation is 2. The number of nitrogens with two attached hydrogens (primary N) is 1. The van der Waals surface area contributed by atoms with Crippen LogP contribution in [0.25, 0.3) is 21.9 Å². The summed E-state index contributed by atoms with van der Waals surface area (Å²) < 4.78 is 1.77. The molecule has 1 saturated carbocycles. The maximum atomic E-state index is 12.9. The number of nitrogen functional groups attached to an aromatic ring is 1. The minimum atomic E-state index is -0.0730. The molecule has 0 radical (unpaired) electrons. The van der Waals surface area contributed by atoms with Crippen LogP contribution in [0.4, 0.5) is 11.5 Å². The van der Waals surface area contributed by atoms with Gasteiger partial charge in [-0.3, -0.25) is 14.5 Å². The minimum absolute atomic E-state index is 0.0135. The van der Waals surface area contributed by atoms with E-state index >= 15 is 0 Å². The summed E-state index contributed by atoms with van der Waals surface area (Å²) >= 11 is 0. The van der Waals surface area contributed by atoms with Gasteiger partial charge in [0.1, 0.15) is 5.82 Å². The molecule has 31 heavy (non-hydrogen) atoms. The van der Waals surface area contributed by atoms with Crippen molar-refractivity contribution in [3.8, 4) is 11.1 Å². The Bertz CT molecular complexity index is 1310. The van der Waals surface area contributed by atoms with Gasteiger partial charge in [-0.25, -0.2) is 4.98 Å². The molecule has 1 fully saturated rings. The van der Waals surface area contributed by atoms with E-state index in [1.165, 1.54) is 0 Å². The van der Waals surface area contributed by atoms with E-state index in [2.05, 4.69) is 33.4 Å². The lowest BCUT2D eigenvalue weighted by atomic mass is 9.99. The van der Waals surface area contributed by atoms with Gasteiger partial charge >= 0.3 is 0 Å². The van der Waals surface area contributed by atoms with Crippen molar-refractivity contribution >= 4 is 28.2 Å². The van der Waals surface area contributed by atoms with Crippen LogP contribution in [-0.2, 0) is 11.8 Å². The van der Waals surface area contributed by atoms with Crippen molar-refractivity contribution in [1.29, 1.82) is 0 Å². The quantitative estimate of drug-likeness (QED) is 0.495. The summed E-state index contributed by atoms with van der Waals surface area (Å²) in [7, 11) is 1.89. The maximum Gasteiger partial charge on any atom is 0.229 e. The van der Waals surface area contributed by atoms with Crippen molar-refractivity contribution in [3.05, 3.63) is 66.4 Å². The lowest BCUT2D eigenvalue weighted by Gasteiger charge is -2.11. The molecule has 0 unspecified atom stereocenters. The zero-order chi connectivity index (χ0) is 21.7. The summed E-state index contributed by atoms with van der Waals surface area (Å²) in [6.45, 7) is 4.14. The topological polar surface area (TPSA) is 98.7 Å². The highest BCUT2D eigenvalue weighted by molar-refractivity contribution is 6.00. The van der Waals surface area contributed by atoms with E-state index in [1.807, 2.05) is 50.8 Å². The van der Waals surface area contributed by atoms with Crippen LogP contribution in [0, 0.1) is 18.8 Å². The second-order valence-electron chi connectivity index (χ2n) is 8.39. The van der Waals surface area contributed by atoms with Gasteiger partial charge in [-0.1, -0.05) is 6.92 Å². The Kier molecular flexibility index (Phi) is 4.46. The molecule has 1 amide bonds. The lowest BCUT2D eigenvalue weighted by molar-refractivity contribution is -0.117. The first-order valence-corrected chi connectivity index (χ1v) is 10.3. The van der Waals surface area contributed by atoms with Gasteiger partial charge < -0.3 is 11.1 Å². The third kappa shape index (κ3) is 3.42. The molecule has 1 aliphatic rings. The van der Waals surface area contributed by atoms with Crippen LogP contribution in [0.3, 0.4) is 0 Å². The number of fused-ring (bicyclic) bond motifs is 1. The summed E-state index contributed by atoms with van der Waals surface area (Å²) in [5.74, 6) is 0.919. The van der Waals surface area contributed by atoms with Gasteiger partial charge in [0.05, 0.1) is 6.20 Å². The van der Waals surface area contributed by atoms with Crippen molar-refractivity contribution in [3.63, 3.8) is 0 Å². The summed E-state index contributed by atoms with van der Waals surface area (Å²) in [6.07, 6.45) is 9.15. The van der Waals surface area contributed by atoms with Gasteiger partial charge in [0, 0.05) is 60.3 Å². The van der Waals surface area contributed by atoms with Crippen molar-refractivity contribution in [2.24, 2.45) is 18.9 Å². The monoisotopic (exact) mass is 412 g/mol. The molecule has 7 heteroatoms. The normalized spacial score (nSPS) is 20.0. The fourth-order valence-electron chi connectivity index (χ4n) is 4.47.